The summed E-state index contributed by atoms with van der Waals surface area (Å²) in [5, 5.41) is 9.35. The largest absolute Gasteiger partial charge is 0.398 e. The minimum Gasteiger partial charge on any atom is -0.398 e. The molecular formula is C10H15ClN2O. The standard InChI is InChI=1S/C10H15ClN2O/c1-10(13,4-5-14)7-2-3-9(12)8(11)6-7/h2-3,6,14H,4-5,12-13H2,1H3/t10-/m1/s1. The molecule has 1 rings (SSSR count). The highest BCUT2D eigenvalue weighted by Gasteiger charge is 2.20. The number of halogens is 1. The quantitative estimate of drug-likeness (QED) is 0.668. The third-order valence-corrected chi connectivity index (χ3v) is 2.62. The molecule has 5 N–H and O–H groups in total. The van der Waals surface area contributed by atoms with Crippen molar-refractivity contribution in [3.8, 4) is 0 Å². The third kappa shape index (κ3) is 2.38. The Morgan fingerprint density at radius 3 is 2.64 bits per heavy atom. The lowest BCUT2D eigenvalue weighted by Gasteiger charge is -2.24. The SMILES string of the molecule is C[C@@](N)(CCO)c1ccc(N)c(Cl)c1. The molecule has 0 aliphatic rings. The molecule has 0 aliphatic heterocycles. The molecule has 0 heterocycles. The van der Waals surface area contributed by atoms with E-state index < -0.39 is 5.54 Å². The summed E-state index contributed by atoms with van der Waals surface area (Å²) in [4.78, 5) is 0. The van der Waals surface area contributed by atoms with Gasteiger partial charge in [0.25, 0.3) is 0 Å². The van der Waals surface area contributed by atoms with E-state index in [2.05, 4.69) is 0 Å². The zero-order chi connectivity index (χ0) is 10.8. The summed E-state index contributed by atoms with van der Waals surface area (Å²) in [6.07, 6.45) is 0.493. The van der Waals surface area contributed by atoms with Crippen LogP contribution in [0.4, 0.5) is 5.69 Å². The normalized spacial score (nSPS) is 15.1. The first kappa shape index (κ1) is 11.3. The van der Waals surface area contributed by atoms with Crippen molar-refractivity contribution in [1.29, 1.82) is 0 Å². The lowest BCUT2D eigenvalue weighted by molar-refractivity contribution is 0.247. The molecule has 0 saturated heterocycles. The number of rotatable bonds is 3. The van der Waals surface area contributed by atoms with Gasteiger partial charge in [-0.1, -0.05) is 17.7 Å². The van der Waals surface area contributed by atoms with E-state index in [4.69, 9.17) is 28.2 Å². The average Bonchev–Trinajstić information content (AvgIpc) is 2.09. The predicted molar refractivity (Wildman–Crippen MR) is 59.1 cm³/mol. The van der Waals surface area contributed by atoms with Crippen LogP contribution in [0.25, 0.3) is 0 Å². The summed E-state index contributed by atoms with van der Waals surface area (Å²) >= 11 is 5.88. The van der Waals surface area contributed by atoms with Crippen molar-refractivity contribution in [1.82, 2.24) is 0 Å². The number of nitrogens with two attached hydrogens (primary N) is 2. The van der Waals surface area contributed by atoms with Crippen LogP contribution < -0.4 is 11.5 Å². The van der Waals surface area contributed by atoms with Crippen LogP contribution in [0.2, 0.25) is 5.02 Å². The van der Waals surface area contributed by atoms with Gasteiger partial charge in [-0.15, -0.1) is 0 Å². The van der Waals surface area contributed by atoms with Crippen molar-refractivity contribution in [2.45, 2.75) is 18.9 Å². The van der Waals surface area contributed by atoms with Gasteiger partial charge in [0.2, 0.25) is 0 Å². The first-order valence-electron chi connectivity index (χ1n) is 4.42. The van der Waals surface area contributed by atoms with Gasteiger partial charge in [0.15, 0.2) is 0 Å². The number of benzene rings is 1. The number of anilines is 1. The Balaban J connectivity index is 3.01. The Kier molecular flexibility index (Phi) is 3.37. The predicted octanol–water partition coefficient (Wildman–Crippen LogP) is 1.48. The van der Waals surface area contributed by atoms with Gasteiger partial charge >= 0.3 is 0 Å². The van der Waals surface area contributed by atoms with Crippen molar-refractivity contribution in [3.05, 3.63) is 28.8 Å². The molecular weight excluding hydrogens is 200 g/mol. The van der Waals surface area contributed by atoms with E-state index in [-0.39, 0.29) is 6.61 Å². The molecule has 3 nitrogen and oxygen atoms in total. The summed E-state index contributed by atoms with van der Waals surface area (Å²) in [7, 11) is 0. The van der Waals surface area contributed by atoms with Crippen LogP contribution in [0.1, 0.15) is 18.9 Å². The molecule has 1 atom stereocenters. The van der Waals surface area contributed by atoms with Gasteiger partial charge in [0.05, 0.1) is 10.7 Å². The second kappa shape index (κ2) is 4.17. The van der Waals surface area contributed by atoms with Gasteiger partial charge in [-0.25, -0.2) is 0 Å². The van der Waals surface area contributed by atoms with E-state index in [9.17, 15) is 0 Å². The Labute approximate surface area is 88.7 Å². The van der Waals surface area contributed by atoms with E-state index in [0.717, 1.165) is 5.56 Å². The summed E-state index contributed by atoms with van der Waals surface area (Å²) in [6, 6.07) is 5.30. The fraction of sp³-hybridized carbons (Fsp3) is 0.400. The Hall–Kier alpha value is -0.770. The minimum atomic E-state index is -0.563. The Morgan fingerprint density at radius 2 is 2.14 bits per heavy atom. The maximum atomic E-state index is 8.85. The van der Waals surface area contributed by atoms with Gasteiger partial charge in [0.1, 0.15) is 0 Å². The monoisotopic (exact) mass is 214 g/mol. The van der Waals surface area contributed by atoms with Gasteiger partial charge < -0.3 is 16.6 Å². The highest BCUT2D eigenvalue weighted by atomic mass is 35.5. The Morgan fingerprint density at radius 1 is 1.50 bits per heavy atom. The summed E-state index contributed by atoms with van der Waals surface area (Å²) in [5.74, 6) is 0. The molecule has 0 radical (unpaired) electrons. The molecule has 1 aromatic carbocycles. The number of hydrogen-bond donors (Lipinski definition) is 3. The molecule has 0 aromatic heterocycles. The van der Waals surface area contributed by atoms with Crippen LogP contribution in [0.3, 0.4) is 0 Å². The fourth-order valence-electron chi connectivity index (χ4n) is 1.26. The summed E-state index contributed by atoms with van der Waals surface area (Å²) in [5.41, 5.74) is 12.4. The molecule has 78 valence electrons. The van der Waals surface area contributed by atoms with Crippen LogP contribution in [-0.2, 0) is 5.54 Å². The van der Waals surface area contributed by atoms with Crippen LogP contribution in [0.5, 0.6) is 0 Å². The first-order chi connectivity index (χ1) is 6.47. The highest BCUT2D eigenvalue weighted by molar-refractivity contribution is 6.33. The zero-order valence-corrected chi connectivity index (χ0v) is 8.88. The topological polar surface area (TPSA) is 72.3 Å². The van der Waals surface area contributed by atoms with E-state index in [1.54, 1.807) is 12.1 Å². The molecule has 1 aromatic rings. The van der Waals surface area contributed by atoms with Gasteiger partial charge in [-0.2, -0.15) is 0 Å². The van der Waals surface area contributed by atoms with E-state index >= 15 is 0 Å². The maximum Gasteiger partial charge on any atom is 0.0638 e. The smallest absolute Gasteiger partial charge is 0.0638 e. The second-order valence-electron chi connectivity index (χ2n) is 3.63. The zero-order valence-electron chi connectivity index (χ0n) is 8.13. The third-order valence-electron chi connectivity index (χ3n) is 2.29. The molecule has 0 bridgehead atoms. The van der Waals surface area contributed by atoms with E-state index in [1.165, 1.54) is 0 Å². The molecule has 14 heavy (non-hydrogen) atoms. The number of aliphatic hydroxyl groups is 1. The summed E-state index contributed by atoms with van der Waals surface area (Å²) in [6.45, 7) is 1.90. The minimum absolute atomic E-state index is 0.0506. The van der Waals surface area contributed by atoms with Crippen molar-refractivity contribution >= 4 is 17.3 Å². The summed E-state index contributed by atoms with van der Waals surface area (Å²) < 4.78 is 0. The molecule has 0 spiro atoms. The molecule has 0 amide bonds. The lowest BCUT2D eigenvalue weighted by Crippen LogP contribution is -2.34. The first-order valence-corrected chi connectivity index (χ1v) is 4.80. The number of hydrogen-bond acceptors (Lipinski definition) is 3. The van der Waals surface area contributed by atoms with E-state index in [1.807, 2.05) is 13.0 Å². The molecule has 0 unspecified atom stereocenters. The van der Waals surface area contributed by atoms with Crippen molar-refractivity contribution in [2.24, 2.45) is 5.73 Å². The fourth-order valence-corrected chi connectivity index (χ4v) is 1.44. The molecule has 0 aliphatic carbocycles. The maximum absolute atomic E-state index is 8.85. The molecule has 4 heteroatoms. The van der Waals surface area contributed by atoms with E-state index in [0.29, 0.717) is 17.1 Å². The average molecular weight is 215 g/mol. The molecule has 0 fully saturated rings. The van der Waals surface area contributed by atoms with Crippen molar-refractivity contribution in [3.63, 3.8) is 0 Å². The van der Waals surface area contributed by atoms with Gasteiger partial charge in [-0.3, -0.25) is 0 Å². The van der Waals surface area contributed by atoms with Gasteiger partial charge in [0, 0.05) is 12.1 Å². The Bertz CT molecular complexity index is 326. The molecule has 0 saturated carbocycles. The number of nitrogen functional groups attached to an aromatic ring is 1. The van der Waals surface area contributed by atoms with Crippen LogP contribution in [0.15, 0.2) is 18.2 Å². The number of aliphatic hydroxyl groups excluding tert-OH is 1. The van der Waals surface area contributed by atoms with Crippen molar-refractivity contribution < 1.29 is 5.11 Å². The van der Waals surface area contributed by atoms with Crippen molar-refractivity contribution in [2.75, 3.05) is 12.3 Å². The lowest BCUT2D eigenvalue weighted by atomic mass is 9.90. The second-order valence-corrected chi connectivity index (χ2v) is 4.03. The van der Waals surface area contributed by atoms with Gasteiger partial charge in [-0.05, 0) is 31.0 Å². The van der Waals surface area contributed by atoms with Crippen LogP contribution in [-0.4, -0.2) is 11.7 Å². The highest BCUT2D eigenvalue weighted by Crippen LogP contribution is 2.27. The van der Waals surface area contributed by atoms with Crippen LogP contribution in [0, 0.1) is 0 Å². The van der Waals surface area contributed by atoms with Crippen LogP contribution >= 0.6 is 11.6 Å².